The highest BCUT2D eigenvalue weighted by Crippen LogP contribution is 2.18. The maximum Gasteiger partial charge on any atom is 0.0451 e. The summed E-state index contributed by atoms with van der Waals surface area (Å²) in [6, 6.07) is 5.20. The number of rotatable bonds is 0. The quantitative estimate of drug-likeness (QED) is 0.396. The molecule has 0 aromatic heterocycles. The van der Waals surface area contributed by atoms with Gasteiger partial charge in [0.1, 0.15) is 0 Å². The van der Waals surface area contributed by atoms with Crippen molar-refractivity contribution in [3.8, 4) is 0 Å². The van der Waals surface area contributed by atoms with Crippen LogP contribution in [0, 0.1) is 0 Å². The van der Waals surface area contributed by atoms with Gasteiger partial charge in [-0.25, -0.2) is 0 Å². The van der Waals surface area contributed by atoms with E-state index in [1.807, 2.05) is 0 Å². The Morgan fingerprint density at radius 3 is 2.20 bits per heavy atom. The molecule has 0 spiro atoms. The highest BCUT2D eigenvalue weighted by molar-refractivity contribution is 7.80. The fourth-order valence-corrected chi connectivity index (χ4v) is 0.784. The molecule has 0 saturated heterocycles. The molecule has 3 heteroatoms. The first-order valence-corrected chi connectivity index (χ1v) is 2.99. The number of hydrogen-bond donors (Lipinski definition) is 3. The van der Waals surface area contributed by atoms with Gasteiger partial charge < -0.3 is 11.5 Å². The molecule has 0 bridgehead atoms. The standard InChI is InChI=1S/C6H8N2S.CH4/c7-4-1-2-5(8)6(9)3-4;/h1-3,9H,7-8H2;1H4. The average molecular weight is 156 g/mol. The summed E-state index contributed by atoms with van der Waals surface area (Å²) in [4.78, 5) is 0.731. The van der Waals surface area contributed by atoms with Crippen LogP contribution in [0.15, 0.2) is 23.1 Å². The monoisotopic (exact) mass is 156 g/mol. The van der Waals surface area contributed by atoms with Gasteiger partial charge in [-0.1, -0.05) is 7.43 Å². The second kappa shape index (κ2) is 3.37. The zero-order chi connectivity index (χ0) is 6.85. The van der Waals surface area contributed by atoms with Crippen molar-refractivity contribution in [1.82, 2.24) is 0 Å². The summed E-state index contributed by atoms with van der Waals surface area (Å²) < 4.78 is 0. The highest BCUT2D eigenvalue weighted by Gasteiger charge is 1.91. The Kier molecular flexibility index (Phi) is 3.09. The Morgan fingerprint density at radius 1 is 1.20 bits per heavy atom. The fraction of sp³-hybridized carbons (Fsp3) is 0.143. The molecule has 0 aliphatic carbocycles. The first kappa shape index (κ1) is 9.17. The highest BCUT2D eigenvalue weighted by atomic mass is 32.1. The van der Waals surface area contributed by atoms with E-state index in [1.54, 1.807) is 18.2 Å². The molecule has 0 radical (unpaired) electrons. The molecule has 0 atom stereocenters. The van der Waals surface area contributed by atoms with Crippen molar-refractivity contribution in [2.24, 2.45) is 0 Å². The molecule has 0 heterocycles. The summed E-state index contributed by atoms with van der Waals surface area (Å²) >= 11 is 4.06. The van der Waals surface area contributed by atoms with E-state index in [2.05, 4.69) is 12.6 Å². The molecule has 0 unspecified atom stereocenters. The minimum atomic E-state index is 0. The molecule has 1 rings (SSSR count). The molecule has 1 aromatic carbocycles. The van der Waals surface area contributed by atoms with Crippen LogP contribution in [0.3, 0.4) is 0 Å². The van der Waals surface area contributed by atoms with Crippen molar-refractivity contribution in [3.05, 3.63) is 18.2 Å². The predicted octanol–water partition coefficient (Wildman–Crippen LogP) is 1.78. The molecular formula is C7H12N2S. The lowest BCUT2D eigenvalue weighted by Crippen LogP contribution is -1.89. The number of nitrogen functional groups attached to an aromatic ring is 2. The number of thiol groups is 1. The van der Waals surface area contributed by atoms with Gasteiger partial charge in [0.25, 0.3) is 0 Å². The lowest BCUT2D eigenvalue weighted by atomic mass is 10.3. The Morgan fingerprint density at radius 2 is 1.80 bits per heavy atom. The molecule has 2 nitrogen and oxygen atoms in total. The minimum absolute atomic E-state index is 0. The SMILES string of the molecule is C.Nc1ccc(N)c(S)c1. The van der Waals surface area contributed by atoms with Crippen molar-refractivity contribution >= 4 is 24.0 Å². The van der Waals surface area contributed by atoms with Crippen LogP contribution in [0.2, 0.25) is 0 Å². The molecule has 0 aliphatic rings. The molecule has 56 valence electrons. The van der Waals surface area contributed by atoms with Gasteiger partial charge in [0.05, 0.1) is 0 Å². The van der Waals surface area contributed by atoms with Crippen molar-refractivity contribution in [1.29, 1.82) is 0 Å². The lowest BCUT2D eigenvalue weighted by Gasteiger charge is -1.97. The van der Waals surface area contributed by atoms with Crippen LogP contribution in [0.4, 0.5) is 11.4 Å². The number of anilines is 2. The van der Waals surface area contributed by atoms with E-state index in [0.29, 0.717) is 11.4 Å². The zero-order valence-electron chi connectivity index (χ0n) is 4.83. The van der Waals surface area contributed by atoms with E-state index in [-0.39, 0.29) is 7.43 Å². The van der Waals surface area contributed by atoms with Gasteiger partial charge >= 0.3 is 0 Å². The number of hydrogen-bond acceptors (Lipinski definition) is 3. The third-order valence-corrected chi connectivity index (χ3v) is 1.44. The number of benzene rings is 1. The van der Waals surface area contributed by atoms with Crippen molar-refractivity contribution in [2.75, 3.05) is 11.5 Å². The van der Waals surface area contributed by atoms with Gasteiger partial charge in [0.2, 0.25) is 0 Å². The molecule has 1 aromatic rings. The third-order valence-electron chi connectivity index (χ3n) is 1.05. The predicted molar refractivity (Wildman–Crippen MR) is 49.2 cm³/mol. The van der Waals surface area contributed by atoms with Gasteiger partial charge in [0.15, 0.2) is 0 Å². The maximum absolute atomic E-state index is 5.46. The van der Waals surface area contributed by atoms with Crippen LogP contribution in [0.5, 0.6) is 0 Å². The Hall–Kier alpha value is -0.830. The largest absolute Gasteiger partial charge is 0.399 e. The van der Waals surface area contributed by atoms with Gasteiger partial charge in [-0.05, 0) is 18.2 Å². The first-order valence-electron chi connectivity index (χ1n) is 2.54. The van der Waals surface area contributed by atoms with Crippen LogP contribution >= 0.6 is 12.6 Å². The van der Waals surface area contributed by atoms with Crippen LogP contribution in [0.1, 0.15) is 7.43 Å². The first-order chi connectivity index (χ1) is 4.20. The second-order valence-electron chi connectivity index (χ2n) is 1.82. The van der Waals surface area contributed by atoms with E-state index < -0.39 is 0 Å². The van der Waals surface area contributed by atoms with Crippen molar-refractivity contribution in [2.45, 2.75) is 12.3 Å². The summed E-state index contributed by atoms with van der Waals surface area (Å²) in [5.41, 5.74) is 12.2. The second-order valence-corrected chi connectivity index (χ2v) is 2.30. The Bertz CT molecular complexity index is 223. The zero-order valence-corrected chi connectivity index (χ0v) is 5.73. The topological polar surface area (TPSA) is 52.0 Å². The third kappa shape index (κ3) is 1.84. The van der Waals surface area contributed by atoms with Gasteiger partial charge in [0, 0.05) is 16.3 Å². The Labute approximate surface area is 66.6 Å². The van der Waals surface area contributed by atoms with Crippen molar-refractivity contribution in [3.63, 3.8) is 0 Å². The molecule has 0 saturated carbocycles. The van der Waals surface area contributed by atoms with Crippen molar-refractivity contribution < 1.29 is 0 Å². The summed E-state index contributed by atoms with van der Waals surface area (Å²) in [5, 5.41) is 0. The molecule has 0 aliphatic heterocycles. The summed E-state index contributed by atoms with van der Waals surface area (Å²) in [7, 11) is 0. The lowest BCUT2D eigenvalue weighted by molar-refractivity contribution is 1.47. The van der Waals surface area contributed by atoms with E-state index in [0.717, 1.165) is 4.90 Å². The molecule has 0 amide bonds. The number of nitrogens with two attached hydrogens (primary N) is 2. The normalized spacial score (nSPS) is 8.50. The van der Waals surface area contributed by atoms with Crippen LogP contribution < -0.4 is 11.5 Å². The van der Waals surface area contributed by atoms with Gasteiger partial charge in [-0.2, -0.15) is 0 Å². The smallest absolute Gasteiger partial charge is 0.0451 e. The van der Waals surface area contributed by atoms with E-state index in [4.69, 9.17) is 11.5 Å². The minimum Gasteiger partial charge on any atom is -0.399 e. The maximum atomic E-state index is 5.46. The van der Waals surface area contributed by atoms with Crippen LogP contribution in [0.25, 0.3) is 0 Å². The van der Waals surface area contributed by atoms with E-state index >= 15 is 0 Å². The summed E-state index contributed by atoms with van der Waals surface area (Å²) in [6.07, 6.45) is 0. The van der Waals surface area contributed by atoms with Crippen LogP contribution in [-0.2, 0) is 0 Å². The molecule has 0 fully saturated rings. The van der Waals surface area contributed by atoms with Crippen LogP contribution in [-0.4, -0.2) is 0 Å². The summed E-state index contributed by atoms with van der Waals surface area (Å²) in [5.74, 6) is 0. The van der Waals surface area contributed by atoms with Gasteiger partial charge in [-0.15, -0.1) is 12.6 Å². The van der Waals surface area contributed by atoms with E-state index in [1.165, 1.54) is 0 Å². The Balaban J connectivity index is 0.000000810. The fourth-order valence-electron chi connectivity index (χ4n) is 0.561. The summed E-state index contributed by atoms with van der Waals surface area (Å²) in [6.45, 7) is 0. The average Bonchev–Trinajstić information content (AvgIpc) is 1.80. The van der Waals surface area contributed by atoms with Gasteiger partial charge in [-0.3, -0.25) is 0 Å². The molecular weight excluding hydrogens is 144 g/mol. The molecule has 10 heavy (non-hydrogen) atoms. The van der Waals surface area contributed by atoms with E-state index in [9.17, 15) is 0 Å². The molecule has 4 N–H and O–H groups in total.